The van der Waals surface area contributed by atoms with Crippen LogP contribution in [0.3, 0.4) is 0 Å². The number of amides is 2. The van der Waals surface area contributed by atoms with Crippen molar-refractivity contribution in [3.63, 3.8) is 0 Å². The lowest BCUT2D eigenvalue weighted by Crippen LogP contribution is -2.40. The molecule has 0 bridgehead atoms. The first-order valence-corrected chi connectivity index (χ1v) is 11.6. The van der Waals surface area contributed by atoms with Crippen molar-refractivity contribution < 1.29 is 9.59 Å². The zero-order valence-corrected chi connectivity index (χ0v) is 18.1. The molecule has 31 heavy (non-hydrogen) atoms. The van der Waals surface area contributed by atoms with E-state index in [-0.39, 0.29) is 17.9 Å². The van der Waals surface area contributed by atoms with E-state index in [1.807, 2.05) is 30.3 Å². The topological polar surface area (TPSA) is 52.7 Å². The third-order valence-corrected chi connectivity index (χ3v) is 7.07. The fourth-order valence-corrected chi connectivity index (χ4v) is 5.56. The summed E-state index contributed by atoms with van der Waals surface area (Å²) in [6.07, 6.45) is 2.39. The molecule has 3 aromatic rings. The molecular formula is C25H25N3O2S. The fraction of sp³-hybridized carbons (Fsp3) is 0.280. The lowest BCUT2D eigenvalue weighted by atomic mass is 9.93. The van der Waals surface area contributed by atoms with Crippen molar-refractivity contribution in [1.82, 2.24) is 4.90 Å². The van der Waals surface area contributed by atoms with Crippen LogP contribution in [0.15, 0.2) is 66.0 Å². The van der Waals surface area contributed by atoms with E-state index in [2.05, 4.69) is 45.9 Å². The van der Waals surface area contributed by atoms with Gasteiger partial charge in [-0.2, -0.15) is 0 Å². The van der Waals surface area contributed by atoms with Gasteiger partial charge in [-0.15, -0.1) is 11.3 Å². The molecule has 2 aliphatic heterocycles. The molecule has 1 atom stereocenters. The van der Waals surface area contributed by atoms with Crippen LogP contribution in [0.1, 0.15) is 34.9 Å². The first-order chi connectivity index (χ1) is 15.2. The van der Waals surface area contributed by atoms with Crippen molar-refractivity contribution in [1.29, 1.82) is 0 Å². The molecule has 2 aliphatic rings. The summed E-state index contributed by atoms with van der Waals surface area (Å²) in [5.74, 6) is 0.0607. The summed E-state index contributed by atoms with van der Waals surface area (Å²) in [6.45, 7) is 1.85. The number of para-hydroxylation sites is 2. The van der Waals surface area contributed by atoms with E-state index in [1.54, 1.807) is 16.2 Å². The van der Waals surface area contributed by atoms with Gasteiger partial charge in [-0.1, -0.05) is 42.5 Å². The molecular weight excluding hydrogens is 406 g/mol. The summed E-state index contributed by atoms with van der Waals surface area (Å²) in [5.41, 5.74) is 4.00. The molecule has 5 rings (SSSR count). The molecule has 0 radical (unpaired) electrons. The van der Waals surface area contributed by atoms with Gasteiger partial charge in [0, 0.05) is 24.4 Å². The maximum absolute atomic E-state index is 13.1. The Labute approximate surface area is 186 Å². The van der Waals surface area contributed by atoms with E-state index in [0.29, 0.717) is 25.2 Å². The second-order valence-corrected chi connectivity index (χ2v) is 9.05. The Morgan fingerprint density at radius 1 is 1.00 bits per heavy atom. The number of carbonyl (C=O) groups is 2. The second-order valence-electron chi connectivity index (χ2n) is 8.05. The number of thiophene rings is 1. The van der Waals surface area contributed by atoms with Crippen molar-refractivity contribution in [3.05, 3.63) is 82.0 Å². The van der Waals surface area contributed by atoms with Gasteiger partial charge < -0.3 is 10.2 Å². The molecule has 158 valence electrons. The van der Waals surface area contributed by atoms with Gasteiger partial charge in [0.2, 0.25) is 11.8 Å². The largest absolute Gasteiger partial charge is 0.323 e. The Bertz CT molecular complexity index is 1090. The normalized spacial score (nSPS) is 18.8. The molecule has 0 aliphatic carbocycles. The van der Waals surface area contributed by atoms with Crippen LogP contribution >= 0.6 is 11.3 Å². The zero-order chi connectivity index (χ0) is 21.2. The third-order valence-electron chi connectivity index (χ3n) is 6.07. The molecule has 5 nitrogen and oxygen atoms in total. The van der Waals surface area contributed by atoms with Crippen LogP contribution in [0.5, 0.6) is 0 Å². The molecule has 3 heterocycles. The van der Waals surface area contributed by atoms with Crippen molar-refractivity contribution in [2.24, 2.45) is 0 Å². The van der Waals surface area contributed by atoms with Crippen LogP contribution in [-0.4, -0.2) is 36.3 Å². The number of hydrogen-bond acceptors (Lipinski definition) is 4. The Balaban J connectivity index is 1.37. The minimum absolute atomic E-state index is 0.0568. The number of anilines is 2. The van der Waals surface area contributed by atoms with Crippen LogP contribution in [0.25, 0.3) is 0 Å². The molecule has 1 saturated heterocycles. The molecule has 2 aromatic carbocycles. The van der Waals surface area contributed by atoms with E-state index in [9.17, 15) is 9.59 Å². The Hall–Kier alpha value is -2.96. The van der Waals surface area contributed by atoms with Crippen LogP contribution in [0.2, 0.25) is 0 Å². The second kappa shape index (κ2) is 8.65. The van der Waals surface area contributed by atoms with E-state index in [1.165, 1.54) is 16.0 Å². The number of benzene rings is 2. The standard InChI is InChI=1S/C25H25N3O2S/c29-23(26-20-9-4-5-10-21(20)28-14-6-11-24(28)30)17-27-15-12-22-19(13-16-31-22)25(27)18-7-2-1-3-8-18/h1-5,7-10,13,16,25H,6,11-12,14-15,17H2,(H,26,29). The van der Waals surface area contributed by atoms with E-state index >= 15 is 0 Å². The minimum atomic E-state index is -0.0568. The highest BCUT2D eigenvalue weighted by molar-refractivity contribution is 7.10. The number of hydrogen-bond donors (Lipinski definition) is 1. The number of rotatable bonds is 5. The summed E-state index contributed by atoms with van der Waals surface area (Å²) in [7, 11) is 0. The highest BCUT2D eigenvalue weighted by atomic mass is 32.1. The zero-order valence-electron chi connectivity index (χ0n) is 17.3. The predicted molar refractivity (Wildman–Crippen MR) is 125 cm³/mol. The predicted octanol–water partition coefficient (Wildman–Crippen LogP) is 4.46. The van der Waals surface area contributed by atoms with Gasteiger partial charge in [-0.25, -0.2) is 0 Å². The van der Waals surface area contributed by atoms with E-state index in [4.69, 9.17) is 0 Å². The number of nitrogens with one attached hydrogen (secondary N) is 1. The average molecular weight is 432 g/mol. The first kappa shape index (κ1) is 20.0. The lowest BCUT2D eigenvalue weighted by Gasteiger charge is -2.35. The molecule has 1 unspecified atom stereocenters. The number of carbonyl (C=O) groups excluding carboxylic acids is 2. The van der Waals surface area contributed by atoms with E-state index in [0.717, 1.165) is 25.1 Å². The quantitative estimate of drug-likeness (QED) is 0.649. The number of fused-ring (bicyclic) bond motifs is 1. The maximum atomic E-state index is 13.1. The minimum Gasteiger partial charge on any atom is -0.323 e. The SMILES string of the molecule is O=C(CN1CCc2sccc2C1c1ccccc1)Nc1ccccc1N1CCCC1=O. The molecule has 1 fully saturated rings. The summed E-state index contributed by atoms with van der Waals surface area (Å²) >= 11 is 1.80. The van der Waals surface area contributed by atoms with Crippen molar-refractivity contribution >= 4 is 34.5 Å². The summed E-state index contributed by atoms with van der Waals surface area (Å²) in [5, 5.41) is 5.22. The van der Waals surface area contributed by atoms with Crippen molar-refractivity contribution in [2.75, 3.05) is 29.9 Å². The van der Waals surface area contributed by atoms with Gasteiger partial charge >= 0.3 is 0 Å². The van der Waals surface area contributed by atoms with Crippen LogP contribution in [0.4, 0.5) is 11.4 Å². The van der Waals surface area contributed by atoms with Crippen LogP contribution < -0.4 is 10.2 Å². The smallest absolute Gasteiger partial charge is 0.238 e. The van der Waals surface area contributed by atoms with Gasteiger partial charge in [-0.05, 0) is 47.5 Å². The van der Waals surface area contributed by atoms with Gasteiger partial charge in [0.15, 0.2) is 0 Å². The van der Waals surface area contributed by atoms with Gasteiger partial charge in [0.1, 0.15) is 0 Å². The molecule has 2 amide bonds. The summed E-state index contributed by atoms with van der Waals surface area (Å²) in [6, 6.07) is 20.3. The monoisotopic (exact) mass is 431 g/mol. The maximum Gasteiger partial charge on any atom is 0.238 e. The Morgan fingerprint density at radius 3 is 2.61 bits per heavy atom. The molecule has 1 aromatic heterocycles. The average Bonchev–Trinajstić information content (AvgIpc) is 3.43. The Kier molecular flexibility index (Phi) is 5.57. The fourth-order valence-electron chi connectivity index (χ4n) is 4.66. The van der Waals surface area contributed by atoms with Crippen molar-refractivity contribution in [2.45, 2.75) is 25.3 Å². The van der Waals surface area contributed by atoms with Crippen LogP contribution in [0, 0.1) is 0 Å². The van der Waals surface area contributed by atoms with Gasteiger partial charge in [-0.3, -0.25) is 14.5 Å². The van der Waals surface area contributed by atoms with Gasteiger partial charge in [0.05, 0.1) is 24.0 Å². The highest BCUT2D eigenvalue weighted by Crippen LogP contribution is 2.37. The highest BCUT2D eigenvalue weighted by Gasteiger charge is 2.31. The molecule has 1 N–H and O–H groups in total. The van der Waals surface area contributed by atoms with Gasteiger partial charge in [0.25, 0.3) is 0 Å². The molecule has 6 heteroatoms. The summed E-state index contributed by atoms with van der Waals surface area (Å²) < 4.78 is 0. The lowest BCUT2D eigenvalue weighted by molar-refractivity contribution is -0.118. The van der Waals surface area contributed by atoms with Crippen molar-refractivity contribution in [3.8, 4) is 0 Å². The van der Waals surface area contributed by atoms with Crippen LogP contribution in [-0.2, 0) is 16.0 Å². The molecule has 0 saturated carbocycles. The summed E-state index contributed by atoms with van der Waals surface area (Å²) in [4.78, 5) is 30.8. The number of nitrogens with zero attached hydrogens (tertiary/aromatic N) is 2. The molecule has 0 spiro atoms. The first-order valence-electron chi connectivity index (χ1n) is 10.8. The third kappa shape index (κ3) is 4.01. The van der Waals surface area contributed by atoms with E-state index < -0.39 is 0 Å². The Morgan fingerprint density at radius 2 is 1.81 bits per heavy atom.